The van der Waals surface area contributed by atoms with Crippen LogP contribution >= 0.6 is 11.3 Å². The van der Waals surface area contributed by atoms with Crippen molar-refractivity contribution >= 4 is 32.4 Å². The van der Waals surface area contributed by atoms with Crippen LogP contribution in [0.15, 0.2) is 4.34 Å². The lowest BCUT2D eigenvalue weighted by Gasteiger charge is -2.17. The van der Waals surface area contributed by atoms with Crippen molar-refractivity contribution in [2.24, 2.45) is 5.41 Å². The van der Waals surface area contributed by atoms with E-state index in [-0.39, 0.29) is 20.8 Å². The summed E-state index contributed by atoms with van der Waals surface area (Å²) in [4.78, 5) is 10.8. The van der Waals surface area contributed by atoms with Crippen molar-refractivity contribution in [1.29, 1.82) is 0 Å². The molecule has 0 aromatic carbocycles. The highest BCUT2D eigenvalue weighted by molar-refractivity contribution is 7.91. The first-order valence-corrected chi connectivity index (χ1v) is 8.51. The predicted molar refractivity (Wildman–Crippen MR) is 78.1 cm³/mol. The van der Waals surface area contributed by atoms with E-state index < -0.39 is 10.0 Å². The summed E-state index contributed by atoms with van der Waals surface area (Å²) >= 11 is 0.827. The number of hydrogen-bond donors (Lipinski definition) is 2. The van der Waals surface area contributed by atoms with Gasteiger partial charge < -0.3 is 5.32 Å². The van der Waals surface area contributed by atoms with E-state index in [0.717, 1.165) is 24.2 Å². The van der Waals surface area contributed by atoms with Gasteiger partial charge in [0.2, 0.25) is 15.4 Å². The van der Waals surface area contributed by atoms with E-state index in [1.165, 1.54) is 6.92 Å². The van der Waals surface area contributed by atoms with Crippen molar-refractivity contribution in [2.45, 2.75) is 44.9 Å². The molecule has 7 nitrogen and oxygen atoms in total. The zero-order chi connectivity index (χ0) is 15.4. The molecule has 1 aromatic rings. The lowest BCUT2D eigenvalue weighted by molar-refractivity contribution is -0.114. The molecule has 0 bridgehead atoms. The Kier molecular flexibility index (Phi) is 5.60. The number of hydrogen-bond acceptors (Lipinski definition) is 6. The second kappa shape index (κ2) is 6.59. The number of anilines is 1. The molecule has 0 aliphatic rings. The van der Waals surface area contributed by atoms with Crippen molar-refractivity contribution in [2.75, 3.05) is 11.9 Å². The summed E-state index contributed by atoms with van der Waals surface area (Å²) < 4.78 is 26.2. The van der Waals surface area contributed by atoms with Crippen LogP contribution in [0.2, 0.25) is 0 Å². The van der Waals surface area contributed by atoms with Crippen molar-refractivity contribution < 1.29 is 13.2 Å². The monoisotopic (exact) mass is 320 g/mol. The van der Waals surface area contributed by atoms with Crippen molar-refractivity contribution in [3.05, 3.63) is 0 Å². The Bertz CT molecular complexity index is 560. The summed E-state index contributed by atoms with van der Waals surface area (Å²) in [7, 11) is -3.65. The van der Waals surface area contributed by atoms with Gasteiger partial charge in [0, 0.05) is 13.5 Å². The Morgan fingerprint density at radius 3 is 2.50 bits per heavy atom. The standard InChI is InChI=1S/C11H20N4O3S2/c1-8(16)13-9-14-15-10(19-9)20(17,18)12-7-5-6-11(2,3)4/h12H,5-7H2,1-4H3,(H,13,14,16). The van der Waals surface area contributed by atoms with E-state index in [4.69, 9.17) is 0 Å². The summed E-state index contributed by atoms with van der Waals surface area (Å²) in [5.74, 6) is -0.316. The zero-order valence-electron chi connectivity index (χ0n) is 12.1. The van der Waals surface area contributed by atoms with Crippen molar-refractivity contribution in [3.63, 3.8) is 0 Å². The van der Waals surface area contributed by atoms with E-state index in [1.807, 2.05) is 0 Å². The van der Waals surface area contributed by atoms with Crippen LogP contribution in [0.3, 0.4) is 0 Å². The van der Waals surface area contributed by atoms with E-state index in [9.17, 15) is 13.2 Å². The molecule has 0 fully saturated rings. The maximum Gasteiger partial charge on any atom is 0.269 e. The molecule has 20 heavy (non-hydrogen) atoms. The van der Waals surface area contributed by atoms with Crippen molar-refractivity contribution in [3.8, 4) is 0 Å². The van der Waals surface area contributed by atoms with Crippen molar-refractivity contribution in [1.82, 2.24) is 14.9 Å². The van der Waals surface area contributed by atoms with Crippen LogP contribution in [-0.4, -0.2) is 31.1 Å². The van der Waals surface area contributed by atoms with Gasteiger partial charge in [-0.1, -0.05) is 32.1 Å². The number of sulfonamides is 1. The number of nitrogens with zero attached hydrogens (tertiary/aromatic N) is 2. The number of rotatable bonds is 6. The molecule has 1 heterocycles. The highest BCUT2D eigenvalue weighted by Gasteiger charge is 2.20. The van der Waals surface area contributed by atoms with E-state index in [1.54, 1.807) is 0 Å². The Labute approximate surface area is 123 Å². The van der Waals surface area contributed by atoms with Gasteiger partial charge in [-0.15, -0.1) is 10.2 Å². The van der Waals surface area contributed by atoms with Crippen LogP contribution in [-0.2, 0) is 14.8 Å². The Morgan fingerprint density at radius 2 is 1.95 bits per heavy atom. The largest absolute Gasteiger partial charge is 0.301 e. The summed E-state index contributed by atoms with van der Waals surface area (Å²) in [6.07, 6.45) is 1.67. The minimum atomic E-state index is -3.65. The fourth-order valence-electron chi connectivity index (χ4n) is 1.41. The molecule has 0 atom stereocenters. The normalized spacial score (nSPS) is 12.4. The number of amides is 1. The lowest BCUT2D eigenvalue weighted by atomic mass is 9.91. The molecule has 0 unspecified atom stereocenters. The van der Waals surface area contributed by atoms with Crippen LogP contribution in [0.4, 0.5) is 5.13 Å². The molecule has 0 aliphatic heterocycles. The average molecular weight is 320 g/mol. The molecule has 0 saturated heterocycles. The molecule has 0 spiro atoms. The molecule has 9 heteroatoms. The number of carbonyl (C=O) groups excluding carboxylic acids is 1. The average Bonchev–Trinajstić information content (AvgIpc) is 2.71. The summed E-state index contributed by atoms with van der Waals surface area (Å²) in [5, 5.41) is 9.75. The third kappa shape index (κ3) is 5.93. The first-order valence-electron chi connectivity index (χ1n) is 6.21. The maximum atomic E-state index is 11.9. The molecule has 1 rings (SSSR count). The molecular weight excluding hydrogens is 300 g/mol. The minimum absolute atomic E-state index is 0.142. The van der Waals surface area contributed by atoms with Gasteiger partial charge in [-0.3, -0.25) is 4.79 Å². The summed E-state index contributed by atoms with van der Waals surface area (Å²) in [6.45, 7) is 7.98. The second-order valence-electron chi connectivity index (χ2n) is 5.62. The molecular formula is C11H20N4O3S2. The fraction of sp³-hybridized carbons (Fsp3) is 0.727. The van der Waals surface area contributed by atoms with Crippen LogP contribution in [0, 0.1) is 5.41 Å². The quantitative estimate of drug-likeness (QED) is 0.612. The topological polar surface area (TPSA) is 101 Å². The third-order valence-electron chi connectivity index (χ3n) is 2.31. The smallest absolute Gasteiger partial charge is 0.269 e. The number of nitrogens with one attached hydrogen (secondary N) is 2. The maximum absolute atomic E-state index is 11.9. The molecule has 114 valence electrons. The highest BCUT2D eigenvalue weighted by atomic mass is 32.2. The Hall–Kier alpha value is -1.06. The third-order valence-corrected chi connectivity index (χ3v) is 4.98. The van der Waals surface area contributed by atoms with Crippen LogP contribution < -0.4 is 10.0 Å². The van der Waals surface area contributed by atoms with Gasteiger partial charge in [-0.2, -0.15) is 0 Å². The zero-order valence-corrected chi connectivity index (χ0v) is 13.7. The van der Waals surface area contributed by atoms with Gasteiger partial charge in [0.05, 0.1) is 0 Å². The van der Waals surface area contributed by atoms with Crippen LogP contribution in [0.1, 0.15) is 40.5 Å². The van der Waals surface area contributed by atoms with Gasteiger partial charge in [-0.05, 0) is 18.3 Å². The Balaban J connectivity index is 2.56. The molecule has 1 amide bonds. The summed E-state index contributed by atoms with van der Waals surface area (Å²) in [6, 6.07) is 0. The number of aromatic nitrogens is 2. The van der Waals surface area contributed by atoms with E-state index in [2.05, 4.69) is 41.0 Å². The molecule has 1 aromatic heterocycles. The van der Waals surface area contributed by atoms with Gasteiger partial charge in [0.15, 0.2) is 0 Å². The van der Waals surface area contributed by atoms with Crippen LogP contribution in [0.25, 0.3) is 0 Å². The minimum Gasteiger partial charge on any atom is -0.301 e. The molecule has 2 N–H and O–H groups in total. The van der Waals surface area contributed by atoms with Gasteiger partial charge in [0.25, 0.3) is 10.0 Å². The molecule has 0 aliphatic carbocycles. The molecule has 0 radical (unpaired) electrons. The summed E-state index contributed by atoms with van der Waals surface area (Å²) in [5.41, 5.74) is 0.173. The van der Waals surface area contributed by atoms with E-state index in [0.29, 0.717) is 6.54 Å². The van der Waals surface area contributed by atoms with Gasteiger partial charge in [-0.25, -0.2) is 13.1 Å². The first kappa shape index (κ1) is 17.0. The van der Waals surface area contributed by atoms with Gasteiger partial charge in [0.1, 0.15) is 0 Å². The first-order chi connectivity index (χ1) is 9.10. The highest BCUT2D eigenvalue weighted by Crippen LogP contribution is 2.21. The van der Waals surface area contributed by atoms with Crippen LogP contribution in [0.5, 0.6) is 0 Å². The second-order valence-corrected chi connectivity index (χ2v) is 8.53. The number of carbonyl (C=O) groups is 1. The van der Waals surface area contributed by atoms with E-state index >= 15 is 0 Å². The Morgan fingerprint density at radius 1 is 1.30 bits per heavy atom. The SMILES string of the molecule is CC(=O)Nc1nnc(S(=O)(=O)NCCCC(C)(C)C)s1. The molecule has 0 saturated carbocycles. The predicted octanol–water partition coefficient (Wildman–Crippen LogP) is 1.60. The fourth-order valence-corrected chi connectivity index (χ4v) is 3.47. The van der Waals surface area contributed by atoms with Gasteiger partial charge >= 0.3 is 0 Å². The lowest BCUT2D eigenvalue weighted by Crippen LogP contribution is -2.25.